The Morgan fingerprint density at radius 1 is 1.28 bits per heavy atom. The molecule has 0 saturated carbocycles. The number of morpholine rings is 1. The average Bonchev–Trinajstić information content (AvgIpc) is 3.06. The lowest BCUT2D eigenvalue weighted by molar-refractivity contribution is -0.122. The van der Waals surface area contributed by atoms with Gasteiger partial charge in [0.2, 0.25) is 5.91 Å². The van der Waals surface area contributed by atoms with Crippen molar-refractivity contribution in [3.63, 3.8) is 0 Å². The van der Waals surface area contributed by atoms with Gasteiger partial charge >= 0.3 is 0 Å². The van der Waals surface area contributed by atoms with Gasteiger partial charge in [-0.3, -0.25) is 4.79 Å². The van der Waals surface area contributed by atoms with E-state index in [1.165, 1.54) is 11.3 Å². The van der Waals surface area contributed by atoms with E-state index in [9.17, 15) is 4.79 Å². The van der Waals surface area contributed by atoms with E-state index in [0.717, 1.165) is 45.6 Å². The lowest BCUT2D eigenvalue weighted by atomic mass is 10.0. The first-order valence-corrected chi connectivity index (χ1v) is 9.50. The molecule has 2 aliphatic rings. The van der Waals surface area contributed by atoms with Gasteiger partial charge in [-0.05, 0) is 44.7 Å². The highest BCUT2D eigenvalue weighted by atomic mass is 16.5. The third-order valence-corrected chi connectivity index (χ3v) is 5.15. The summed E-state index contributed by atoms with van der Waals surface area (Å²) in [6.07, 6.45) is 4.11. The highest BCUT2D eigenvalue weighted by molar-refractivity contribution is 5.76. The Labute approximate surface area is 150 Å². The van der Waals surface area contributed by atoms with E-state index >= 15 is 0 Å². The summed E-state index contributed by atoms with van der Waals surface area (Å²) in [5.74, 6) is 0.104. The van der Waals surface area contributed by atoms with E-state index in [0.29, 0.717) is 12.5 Å². The zero-order valence-corrected chi connectivity index (χ0v) is 15.4. The highest BCUT2D eigenvalue weighted by Gasteiger charge is 2.23. The van der Waals surface area contributed by atoms with E-state index in [2.05, 4.69) is 42.3 Å². The summed E-state index contributed by atoms with van der Waals surface area (Å²) < 4.78 is 11.3. The van der Waals surface area contributed by atoms with Gasteiger partial charge in [-0.15, -0.1) is 0 Å². The molecular formula is C20H30N2O3. The normalized spacial score (nSPS) is 25.0. The molecule has 3 rings (SSSR count). The number of nitrogens with one attached hydrogen (secondary N) is 1. The number of ether oxygens (including phenoxy) is 2. The number of amides is 1. The third kappa shape index (κ3) is 4.95. The molecular weight excluding hydrogens is 316 g/mol. The quantitative estimate of drug-likeness (QED) is 0.860. The molecule has 0 bridgehead atoms. The van der Waals surface area contributed by atoms with Gasteiger partial charge in [0.05, 0.1) is 31.5 Å². The zero-order valence-electron chi connectivity index (χ0n) is 15.4. The van der Waals surface area contributed by atoms with Crippen LogP contribution in [0.2, 0.25) is 0 Å². The van der Waals surface area contributed by atoms with Crippen molar-refractivity contribution in [2.45, 2.75) is 57.8 Å². The summed E-state index contributed by atoms with van der Waals surface area (Å²) in [6, 6.07) is 8.33. The predicted molar refractivity (Wildman–Crippen MR) is 98.8 cm³/mol. The standard InChI is InChI=1S/C20H30N2O3/c1-15-7-8-17(25-15)9-10-20(23)21-16(2)18-5-3-4-6-19(18)22-11-13-24-14-12-22/h3-6,15-17H,7-14H2,1-2H3,(H,21,23)/t15-,16-,17+/m1/s1. The van der Waals surface area contributed by atoms with Crippen LogP contribution in [-0.2, 0) is 14.3 Å². The first kappa shape index (κ1) is 18.2. The molecule has 2 saturated heterocycles. The maximum atomic E-state index is 12.4. The largest absolute Gasteiger partial charge is 0.378 e. The number of carbonyl (C=O) groups is 1. The monoisotopic (exact) mass is 346 g/mol. The topological polar surface area (TPSA) is 50.8 Å². The minimum absolute atomic E-state index is 0.00466. The molecule has 0 aliphatic carbocycles. The van der Waals surface area contributed by atoms with Gasteiger partial charge in [-0.25, -0.2) is 0 Å². The molecule has 5 heteroatoms. The van der Waals surface area contributed by atoms with Crippen LogP contribution in [0.1, 0.15) is 51.1 Å². The fraction of sp³-hybridized carbons (Fsp3) is 0.650. The second-order valence-electron chi connectivity index (χ2n) is 7.13. The van der Waals surface area contributed by atoms with Crippen LogP contribution in [-0.4, -0.2) is 44.4 Å². The molecule has 0 unspecified atom stereocenters. The third-order valence-electron chi connectivity index (χ3n) is 5.15. The summed E-state index contributed by atoms with van der Waals surface area (Å²) in [5.41, 5.74) is 2.37. The zero-order chi connectivity index (χ0) is 17.6. The molecule has 138 valence electrons. The molecule has 2 fully saturated rings. The average molecular weight is 346 g/mol. The number of nitrogens with zero attached hydrogens (tertiary/aromatic N) is 1. The number of hydrogen-bond acceptors (Lipinski definition) is 4. The lowest BCUT2D eigenvalue weighted by Crippen LogP contribution is -2.37. The van der Waals surface area contributed by atoms with Crippen LogP contribution in [0, 0.1) is 0 Å². The maximum absolute atomic E-state index is 12.4. The van der Waals surface area contributed by atoms with Gasteiger partial charge in [-0.2, -0.15) is 0 Å². The smallest absolute Gasteiger partial charge is 0.220 e. The highest BCUT2D eigenvalue weighted by Crippen LogP contribution is 2.27. The van der Waals surface area contributed by atoms with Gasteiger partial charge in [0, 0.05) is 25.2 Å². The molecule has 0 spiro atoms. The Bertz CT molecular complexity index is 572. The summed E-state index contributed by atoms with van der Waals surface area (Å²) in [7, 11) is 0. The van der Waals surface area contributed by atoms with E-state index in [4.69, 9.17) is 9.47 Å². The Balaban J connectivity index is 1.55. The maximum Gasteiger partial charge on any atom is 0.220 e. The molecule has 1 amide bonds. The van der Waals surface area contributed by atoms with Gasteiger partial charge in [0.25, 0.3) is 0 Å². The Morgan fingerprint density at radius 3 is 2.76 bits per heavy atom. The van der Waals surface area contributed by atoms with Crippen LogP contribution in [0.15, 0.2) is 24.3 Å². The molecule has 0 aromatic heterocycles. The van der Waals surface area contributed by atoms with Crippen molar-refractivity contribution < 1.29 is 14.3 Å². The van der Waals surface area contributed by atoms with Crippen LogP contribution >= 0.6 is 0 Å². The fourth-order valence-corrected chi connectivity index (χ4v) is 3.73. The van der Waals surface area contributed by atoms with Gasteiger partial charge in [0.15, 0.2) is 0 Å². The molecule has 2 heterocycles. The minimum Gasteiger partial charge on any atom is -0.378 e. The molecule has 2 aliphatic heterocycles. The summed E-state index contributed by atoms with van der Waals surface area (Å²) in [6.45, 7) is 7.48. The van der Waals surface area contributed by atoms with E-state index < -0.39 is 0 Å². The SMILES string of the molecule is C[C@@H]1CC[C@@H](CCC(=O)N[C@H](C)c2ccccc2N2CCOCC2)O1. The summed E-state index contributed by atoms with van der Waals surface area (Å²) >= 11 is 0. The second kappa shape index (κ2) is 8.68. The van der Waals surface area contributed by atoms with Crippen molar-refractivity contribution in [3.8, 4) is 0 Å². The second-order valence-corrected chi connectivity index (χ2v) is 7.13. The minimum atomic E-state index is -0.00466. The molecule has 25 heavy (non-hydrogen) atoms. The lowest BCUT2D eigenvalue weighted by Gasteiger charge is -2.32. The number of rotatable bonds is 6. The molecule has 0 radical (unpaired) electrons. The Kier molecular flexibility index (Phi) is 6.32. The van der Waals surface area contributed by atoms with E-state index in [1.54, 1.807) is 0 Å². The Hall–Kier alpha value is -1.59. The van der Waals surface area contributed by atoms with Crippen molar-refractivity contribution in [2.75, 3.05) is 31.2 Å². The number of anilines is 1. The molecule has 1 N–H and O–H groups in total. The number of para-hydroxylation sites is 1. The Morgan fingerprint density at radius 2 is 2.04 bits per heavy atom. The van der Waals surface area contributed by atoms with E-state index in [1.807, 2.05) is 6.07 Å². The number of benzene rings is 1. The van der Waals surface area contributed by atoms with Crippen LogP contribution in [0.4, 0.5) is 5.69 Å². The van der Waals surface area contributed by atoms with E-state index in [-0.39, 0.29) is 18.1 Å². The fourth-order valence-electron chi connectivity index (χ4n) is 3.73. The molecule has 3 atom stereocenters. The first-order chi connectivity index (χ1) is 12.1. The van der Waals surface area contributed by atoms with Crippen molar-refractivity contribution in [3.05, 3.63) is 29.8 Å². The van der Waals surface area contributed by atoms with Crippen molar-refractivity contribution in [1.82, 2.24) is 5.32 Å². The van der Waals surface area contributed by atoms with Crippen molar-refractivity contribution >= 4 is 11.6 Å². The van der Waals surface area contributed by atoms with Crippen LogP contribution < -0.4 is 10.2 Å². The van der Waals surface area contributed by atoms with Crippen molar-refractivity contribution in [1.29, 1.82) is 0 Å². The number of carbonyl (C=O) groups excluding carboxylic acids is 1. The summed E-state index contributed by atoms with van der Waals surface area (Å²) in [4.78, 5) is 14.7. The predicted octanol–water partition coefficient (Wildman–Crippen LogP) is 3.05. The van der Waals surface area contributed by atoms with Crippen LogP contribution in [0.5, 0.6) is 0 Å². The van der Waals surface area contributed by atoms with Gasteiger partial charge in [-0.1, -0.05) is 18.2 Å². The van der Waals surface area contributed by atoms with Crippen LogP contribution in [0.3, 0.4) is 0 Å². The van der Waals surface area contributed by atoms with Crippen LogP contribution in [0.25, 0.3) is 0 Å². The molecule has 5 nitrogen and oxygen atoms in total. The van der Waals surface area contributed by atoms with Crippen molar-refractivity contribution in [2.24, 2.45) is 0 Å². The van der Waals surface area contributed by atoms with Gasteiger partial charge in [0.1, 0.15) is 0 Å². The molecule has 1 aromatic rings. The summed E-state index contributed by atoms with van der Waals surface area (Å²) in [5, 5.41) is 3.16. The number of hydrogen-bond donors (Lipinski definition) is 1. The molecule has 1 aromatic carbocycles. The van der Waals surface area contributed by atoms with Gasteiger partial charge < -0.3 is 19.7 Å². The first-order valence-electron chi connectivity index (χ1n) is 9.50.